The van der Waals surface area contributed by atoms with Gasteiger partial charge in [-0.15, -0.1) is 0 Å². The molecule has 4 heterocycles. The summed E-state index contributed by atoms with van der Waals surface area (Å²) < 4.78 is 1.61. The van der Waals surface area contributed by atoms with Crippen molar-refractivity contribution in [3.05, 3.63) is 58.4 Å². The lowest BCUT2D eigenvalue weighted by Gasteiger charge is -2.29. The lowest BCUT2D eigenvalue weighted by Crippen LogP contribution is -2.45. The lowest BCUT2D eigenvalue weighted by atomic mass is 10.0. The number of piperazine rings is 1. The second-order valence-electron chi connectivity index (χ2n) is 8.13. The van der Waals surface area contributed by atoms with Gasteiger partial charge in [0, 0.05) is 56.7 Å². The van der Waals surface area contributed by atoms with Crippen LogP contribution in [0.15, 0.2) is 46.4 Å². The number of rotatable bonds is 5. The monoisotopic (exact) mass is 437 g/mol. The van der Waals surface area contributed by atoms with Crippen molar-refractivity contribution in [2.45, 2.75) is 13.0 Å². The van der Waals surface area contributed by atoms with Crippen molar-refractivity contribution in [2.24, 2.45) is 12.0 Å². The summed E-state index contributed by atoms with van der Waals surface area (Å²) in [5.41, 5.74) is 4.53. The molecular formula is C22H27N7OS. The van der Waals surface area contributed by atoms with Crippen LogP contribution in [-0.2, 0) is 7.05 Å². The van der Waals surface area contributed by atoms with E-state index in [1.54, 1.807) is 29.6 Å². The molecule has 3 aliphatic heterocycles. The summed E-state index contributed by atoms with van der Waals surface area (Å²) in [5.74, 6) is -0.157. The molecule has 31 heavy (non-hydrogen) atoms. The van der Waals surface area contributed by atoms with Gasteiger partial charge in [0.15, 0.2) is 5.17 Å². The number of aliphatic imine (C=N–C) groups is 1. The topological polar surface area (TPSA) is 77.8 Å². The minimum atomic E-state index is -0.157. The standard InChI is InChI=1S/C22H27N7OS/c1-15-11-20(27(2)26-15)21(30)24-18-6-4-3-5-17(18)19-13-29-16(14-31-22(29)25-19)12-28-9-7-23-8-10-28/h3-6,11,14,19,23H,7-10,12-13H2,1-2H3,(H,24,30). The fraction of sp³-hybridized carbons (Fsp3) is 0.409. The molecule has 2 aromatic rings. The minimum absolute atomic E-state index is 0.000930. The first-order valence-corrected chi connectivity index (χ1v) is 11.5. The highest BCUT2D eigenvalue weighted by atomic mass is 32.2. The zero-order valence-electron chi connectivity index (χ0n) is 17.8. The van der Waals surface area contributed by atoms with Gasteiger partial charge in [0.25, 0.3) is 5.91 Å². The van der Waals surface area contributed by atoms with Crippen molar-refractivity contribution in [2.75, 3.05) is 44.6 Å². The van der Waals surface area contributed by atoms with E-state index >= 15 is 0 Å². The van der Waals surface area contributed by atoms with Gasteiger partial charge >= 0.3 is 0 Å². The molecule has 1 unspecified atom stereocenters. The maximum atomic E-state index is 12.8. The number of fused-ring (bicyclic) bond motifs is 1. The summed E-state index contributed by atoms with van der Waals surface area (Å²) in [6.45, 7) is 7.90. The van der Waals surface area contributed by atoms with Crippen LogP contribution < -0.4 is 10.6 Å². The van der Waals surface area contributed by atoms with Crippen LogP contribution in [0.1, 0.15) is 27.8 Å². The van der Waals surface area contributed by atoms with Gasteiger partial charge in [-0.25, -0.2) is 0 Å². The number of amidine groups is 1. The van der Waals surface area contributed by atoms with E-state index in [2.05, 4.69) is 37.0 Å². The largest absolute Gasteiger partial charge is 0.320 e. The Morgan fingerprint density at radius 1 is 1.29 bits per heavy atom. The van der Waals surface area contributed by atoms with Crippen LogP contribution in [-0.4, -0.2) is 69.9 Å². The van der Waals surface area contributed by atoms with E-state index < -0.39 is 0 Å². The van der Waals surface area contributed by atoms with Gasteiger partial charge in [-0.3, -0.25) is 19.4 Å². The number of hydrogen-bond donors (Lipinski definition) is 2. The lowest BCUT2D eigenvalue weighted by molar-refractivity contribution is 0.101. The molecule has 3 aliphatic rings. The number of aryl methyl sites for hydroxylation is 2. The zero-order valence-corrected chi connectivity index (χ0v) is 18.7. The Kier molecular flexibility index (Phi) is 5.56. The molecule has 1 fully saturated rings. The van der Waals surface area contributed by atoms with Crippen molar-refractivity contribution in [1.82, 2.24) is 24.9 Å². The molecule has 1 aromatic carbocycles. The van der Waals surface area contributed by atoms with Gasteiger partial charge in [0.1, 0.15) is 5.69 Å². The van der Waals surface area contributed by atoms with Crippen molar-refractivity contribution in [1.29, 1.82) is 0 Å². The number of anilines is 1. The highest BCUT2D eigenvalue weighted by molar-refractivity contribution is 8.16. The number of hydrogen-bond acceptors (Lipinski definition) is 7. The SMILES string of the molecule is Cc1cc(C(=O)Nc2ccccc2C2CN3C(CN4CCNCC4)=CSC3=N2)n(C)n1. The number of nitrogens with one attached hydrogen (secondary N) is 2. The van der Waals surface area contributed by atoms with Crippen LogP contribution >= 0.6 is 11.8 Å². The predicted octanol–water partition coefficient (Wildman–Crippen LogP) is 2.19. The average Bonchev–Trinajstić information content (AvgIpc) is 3.44. The molecule has 2 N–H and O–H groups in total. The number of benzene rings is 1. The Morgan fingerprint density at radius 3 is 2.87 bits per heavy atom. The molecule has 1 amide bonds. The summed E-state index contributed by atoms with van der Waals surface area (Å²) in [6, 6.07) is 9.76. The molecule has 0 bridgehead atoms. The van der Waals surface area contributed by atoms with E-state index in [-0.39, 0.29) is 11.9 Å². The molecule has 0 spiro atoms. The summed E-state index contributed by atoms with van der Waals surface area (Å²) in [7, 11) is 1.79. The van der Waals surface area contributed by atoms with E-state index in [4.69, 9.17) is 4.99 Å². The molecule has 162 valence electrons. The first-order valence-electron chi connectivity index (χ1n) is 10.6. The van der Waals surface area contributed by atoms with Crippen LogP contribution in [0.3, 0.4) is 0 Å². The van der Waals surface area contributed by atoms with Crippen LogP contribution in [0.5, 0.6) is 0 Å². The third-order valence-electron chi connectivity index (χ3n) is 5.90. The summed E-state index contributed by atoms with van der Waals surface area (Å²) >= 11 is 1.70. The Labute approximate surface area is 186 Å². The van der Waals surface area contributed by atoms with Gasteiger partial charge in [0.2, 0.25) is 0 Å². The zero-order chi connectivity index (χ0) is 21.4. The van der Waals surface area contributed by atoms with E-state index in [0.29, 0.717) is 5.69 Å². The van der Waals surface area contributed by atoms with E-state index in [1.165, 1.54) is 5.70 Å². The average molecular weight is 438 g/mol. The quantitative estimate of drug-likeness (QED) is 0.747. The van der Waals surface area contributed by atoms with E-state index in [9.17, 15) is 4.79 Å². The summed E-state index contributed by atoms with van der Waals surface area (Å²) in [5, 5.41) is 14.1. The predicted molar refractivity (Wildman–Crippen MR) is 124 cm³/mol. The number of carbonyl (C=O) groups excluding carboxylic acids is 1. The smallest absolute Gasteiger partial charge is 0.273 e. The molecule has 9 heteroatoms. The maximum Gasteiger partial charge on any atom is 0.273 e. The second-order valence-corrected chi connectivity index (χ2v) is 8.96. The van der Waals surface area contributed by atoms with E-state index in [1.807, 2.05) is 25.1 Å². The fourth-order valence-corrected chi connectivity index (χ4v) is 5.26. The molecule has 0 radical (unpaired) electrons. The first-order chi connectivity index (χ1) is 15.1. The maximum absolute atomic E-state index is 12.8. The number of nitrogens with zero attached hydrogens (tertiary/aromatic N) is 5. The number of thioether (sulfide) groups is 1. The summed E-state index contributed by atoms with van der Waals surface area (Å²) in [4.78, 5) is 22.6. The van der Waals surface area contributed by atoms with Gasteiger partial charge < -0.3 is 15.5 Å². The summed E-state index contributed by atoms with van der Waals surface area (Å²) in [6.07, 6.45) is 0. The van der Waals surface area contributed by atoms with Gasteiger partial charge in [-0.1, -0.05) is 30.0 Å². The number of carbonyl (C=O) groups is 1. The molecule has 1 aromatic heterocycles. The number of aromatic nitrogens is 2. The molecule has 5 rings (SSSR count). The molecule has 1 saturated heterocycles. The third-order valence-corrected chi connectivity index (χ3v) is 6.82. The number of para-hydroxylation sites is 1. The Balaban J connectivity index is 1.30. The Hall–Kier alpha value is -2.62. The normalized spacial score (nSPS) is 21.1. The van der Waals surface area contributed by atoms with Gasteiger partial charge in [0.05, 0.1) is 18.3 Å². The Morgan fingerprint density at radius 2 is 2.10 bits per heavy atom. The first kappa shape index (κ1) is 20.3. The second kappa shape index (κ2) is 8.49. The highest BCUT2D eigenvalue weighted by Gasteiger charge is 2.34. The van der Waals surface area contributed by atoms with Crippen molar-refractivity contribution >= 4 is 28.5 Å². The van der Waals surface area contributed by atoms with Crippen LogP contribution in [0.2, 0.25) is 0 Å². The van der Waals surface area contributed by atoms with Crippen LogP contribution in [0.4, 0.5) is 5.69 Å². The fourth-order valence-electron chi connectivity index (χ4n) is 4.31. The van der Waals surface area contributed by atoms with Crippen LogP contribution in [0.25, 0.3) is 0 Å². The molecule has 1 atom stereocenters. The van der Waals surface area contributed by atoms with Gasteiger partial charge in [-0.05, 0) is 24.5 Å². The van der Waals surface area contributed by atoms with E-state index in [0.717, 1.165) is 61.4 Å². The molecule has 8 nitrogen and oxygen atoms in total. The Bertz CT molecular complexity index is 1050. The third kappa shape index (κ3) is 4.13. The van der Waals surface area contributed by atoms with Crippen molar-refractivity contribution in [3.8, 4) is 0 Å². The molecular weight excluding hydrogens is 410 g/mol. The molecule has 0 saturated carbocycles. The highest BCUT2D eigenvalue weighted by Crippen LogP contribution is 2.39. The van der Waals surface area contributed by atoms with Crippen molar-refractivity contribution < 1.29 is 4.79 Å². The van der Waals surface area contributed by atoms with Crippen LogP contribution in [0, 0.1) is 6.92 Å². The van der Waals surface area contributed by atoms with Crippen molar-refractivity contribution in [3.63, 3.8) is 0 Å². The molecule has 0 aliphatic carbocycles. The number of amides is 1. The van der Waals surface area contributed by atoms with Gasteiger partial charge in [-0.2, -0.15) is 5.10 Å². The minimum Gasteiger partial charge on any atom is -0.320 e.